The molecule has 0 aliphatic heterocycles. The minimum atomic E-state index is -0.812. The summed E-state index contributed by atoms with van der Waals surface area (Å²) in [5.41, 5.74) is 0. The van der Waals surface area contributed by atoms with Gasteiger partial charge >= 0.3 is 17.9 Å². The molecule has 0 radical (unpaired) electrons. The maximum Gasteiger partial charge on any atom is 0.306 e. The lowest BCUT2D eigenvalue weighted by molar-refractivity contribution is -0.166. The van der Waals surface area contributed by atoms with E-state index in [4.69, 9.17) is 14.2 Å². The molecule has 6 nitrogen and oxygen atoms in total. The van der Waals surface area contributed by atoms with Gasteiger partial charge in [0.2, 0.25) is 0 Å². The lowest BCUT2D eigenvalue weighted by Gasteiger charge is -2.18. The number of allylic oxidation sites excluding steroid dienone is 18. The van der Waals surface area contributed by atoms with E-state index in [1.807, 2.05) is 6.08 Å². The monoisotopic (exact) mass is 1010 g/mol. The average molecular weight is 1010 g/mol. The summed E-state index contributed by atoms with van der Waals surface area (Å²) in [7, 11) is 0. The van der Waals surface area contributed by atoms with Gasteiger partial charge in [-0.25, -0.2) is 0 Å². The number of carbonyl (C=O) groups is 3. The van der Waals surface area contributed by atoms with E-state index in [2.05, 4.69) is 124 Å². The topological polar surface area (TPSA) is 78.9 Å². The van der Waals surface area contributed by atoms with Crippen molar-refractivity contribution in [2.24, 2.45) is 0 Å². The average Bonchev–Trinajstić information content (AvgIpc) is 3.39. The molecule has 1 atom stereocenters. The van der Waals surface area contributed by atoms with Crippen LogP contribution in [0.2, 0.25) is 0 Å². The Morgan fingerprint density at radius 2 is 0.562 bits per heavy atom. The van der Waals surface area contributed by atoms with Crippen molar-refractivity contribution in [3.8, 4) is 0 Å². The van der Waals surface area contributed by atoms with Gasteiger partial charge < -0.3 is 14.2 Å². The van der Waals surface area contributed by atoms with Crippen molar-refractivity contribution in [3.63, 3.8) is 0 Å². The van der Waals surface area contributed by atoms with Crippen LogP contribution < -0.4 is 0 Å². The van der Waals surface area contributed by atoms with E-state index in [9.17, 15) is 14.4 Å². The second kappa shape index (κ2) is 60.6. The van der Waals surface area contributed by atoms with Gasteiger partial charge in [-0.1, -0.05) is 259 Å². The van der Waals surface area contributed by atoms with Crippen LogP contribution in [-0.4, -0.2) is 37.2 Å². The van der Waals surface area contributed by atoms with Crippen molar-refractivity contribution < 1.29 is 28.6 Å². The molecule has 0 N–H and O–H groups in total. The van der Waals surface area contributed by atoms with Crippen LogP contribution in [0, 0.1) is 0 Å². The first kappa shape index (κ1) is 69.1. The lowest BCUT2D eigenvalue weighted by Crippen LogP contribution is -2.30. The van der Waals surface area contributed by atoms with Crippen molar-refractivity contribution >= 4 is 17.9 Å². The number of carbonyl (C=O) groups excluding carboxylic acids is 3. The van der Waals surface area contributed by atoms with E-state index in [1.165, 1.54) is 128 Å². The molecule has 0 aliphatic carbocycles. The molecule has 73 heavy (non-hydrogen) atoms. The molecule has 0 bridgehead atoms. The van der Waals surface area contributed by atoms with Crippen LogP contribution in [0.1, 0.15) is 278 Å². The Kier molecular flexibility index (Phi) is 57.4. The Bertz CT molecular complexity index is 1490. The summed E-state index contributed by atoms with van der Waals surface area (Å²) in [4.78, 5) is 38.1. The third-order valence-corrected chi connectivity index (χ3v) is 12.8. The number of unbranched alkanes of at least 4 members (excludes halogenated alkanes) is 25. The smallest absolute Gasteiger partial charge is 0.306 e. The second-order valence-electron chi connectivity index (χ2n) is 19.8. The Balaban J connectivity index is 4.31. The fraction of sp³-hybridized carbons (Fsp3) is 0.687. The number of hydrogen-bond acceptors (Lipinski definition) is 6. The summed E-state index contributed by atoms with van der Waals surface area (Å²) in [6, 6.07) is 0. The Labute approximate surface area is 450 Å². The van der Waals surface area contributed by atoms with Gasteiger partial charge in [0.15, 0.2) is 6.10 Å². The largest absolute Gasteiger partial charge is 0.462 e. The number of ether oxygens (including phenoxy) is 3. The van der Waals surface area contributed by atoms with E-state index in [0.717, 1.165) is 103 Å². The van der Waals surface area contributed by atoms with Crippen molar-refractivity contribution in [3.05, 3.63) is 109 Å². The zero-order valence-corrected chi connectivity index (χ0v) is 47.6. The third-order valence-electron chi connectivity index (χ3n) is 12.8. The van der Waals surface area contributed by atoms with Gasteiger partial charge in [-0.05, 0) is 109 Å². The second-order valence-corrected chi connectivity index (χ2v) is 19.8. The zero-order valence-electron chi connectivity index (χ0n) is 47.6. The molecule has 0 amide bonds. The minimum absolute atomic E-state index is 0.103. The first-order chi connectivity index (χ1) is 36.0. The minimum Gasteiger partial charge on any atom is -0.462 e. The summed E-state index contributed by atoms with van der Waals surface area (Å²) in [6.45, 7) is 6.35. The van der Waals surface area contributed by atoms with Gasteiger partial charge in [0.05, 0.1) is 0 Å². The summed E-state index contributed by atoms with van der Waals surface area (Å²) in [5, 5.41) is 0. The first-order valence-corrected chi connectivity index (χ1v) is 30.4. The Hall–Kier alpha value is -3.93. The molecule has 0 saturated heterocycles. The molecule has 0 saturated carbocycles. The molecule has 1 unspecified atom stereocenters. The van der Waals surface area contributed by atoms with Gasteiger partial charge in [-0.2, -0.15) is 0 Å². The van der Waals surface area contributed by atoms with Gasteiger partial charge in [-0.3, -0.25) is 14.4 Å². The van der Waals surface area contributed by atoms with Gasteiger partial charge in [0.1, 0.15) is 13.2 Å². The van der Waals surface area contributed by atoms with Crippen molar-refractivity contribution in [2.75, 3.05) is 13.2 Å². The fourth-order valence-corrected chi connectivity index (χ4v) is 8.27. The van der Waals surface area contributed by atoms with E-state index >= 15 is 0 Å². The van der Waals surface area contributed by atoms with E-state index in [1.54, 1.807) is 0 Å². The summed E-state index contributed by atoms with van der Waals surface area (Å²) >= 11 is 0. The normalized spacial score (nSPS) is 12.9. The fourth-order valence-electron chi connectivity index (χ4n) is 8.27. The molecule has 0 heterocycles. The van der Waals surface area contributed by atoms with Gasteiger partial charge in [0.25, 0.3) is 0 Å². The van der Waals surface area contributed by atoms with E-state index in [-0.39, 0.29) is 37.5 Å². The molecule has 0 fully saturated rings. The van der Waals surface area contributed by atoms with Crippen LogP contribution in [0.5, 0.6) is 0 Å². The van der Waals surface area contributed by atoms with Crippen LogP contribution in [-0.2, 0) is 28.6 Å². The molecular formula is C67H112O6. The van der Waals surface area contributed by atoms with Crippen LogP contribution in [0.15, 0.2) is 109 Å². The van der Waals surface area contributed by atoms with Crippen molar-refractivity contribution in [1.29, 1.82) is 0 Å². The highest BCUT2D eigenvalue weighted by atomic mass is 16.6. The first-order valence-electron chi connectivity index (χ1n) is 30.4. The molecule has 0 rings (SSSR count). The van der Waals surface area contributed by atoms with Crippen LogP contribution in [0.25, 0.3) is 0 Å². The molecule has 0 spiro atoms. The number of esters is 3. The van der Waals surface area contributed by atoms with E-state index < -0.39 is 6.10 Å². The molecule has 416 valence electrons. The van der Waals surface area contributed by atoms with E-state index in [0.29, 0.717) is 19.3 Å². The molecule has 0 aromatic heterocycles. The molecular weight excluding hydrogens is 901 g/mol. The summed E-state index contributed by atoms with van der Waals surface area (Å²) in [5.74, 6) is -0.994. The summed E-state index contributed by atoms with van der Waals surface area (Å²) < 4.78 is 16.8. The SMILES string of the molecule is CC/C=C\C/C=C\C/C=C\C/C=C\CCCCCCCCCCCCCCCCC(=O)OCC(COC(=O)CC/C=C\C/C=C\C/C=C\C/C=C\CC)OC(=O)CCCCCCC/C=C\CCCCCCCC. The Morgan fingerprint density at radius 1 is 0.288 bits per heavy atom. The standard InChI is InChI=1S/C67H112O6/c1-4-7-10-13-16-19-22-25-27-28-29-30-31-32-33-34-35-36-37-38-40-42-45-48-51-54-57-60-66(69)72-63-64(62-71-65(68)59-56-53-50-47-44-41-24-21-18-15-12-9-6-3)73-67(70)61-58-55-52-49-46-43-39-26-23-20-17-14-11-8-5-2/h7,9-10,12,16,18-19,21,25-27,29-30,39,41,44,50,53,64H,4-6,8,11,13-15,17,20,22-24,28,31-38,40,42-43,45-49,51-52,54-63H2,1-3H3/b10-7-,12-9-,19-16-,21-18-,27-25-,30-29-,39-26-,44-41-,53-50-. The highest BCUT2D eigenvalue weighted by Gasteiger charge is 2.19. The van der Waals surface area contributed by atoms with Crippen molar-refractivity contribution in [1.82, 2.24) is 0 Å². The maximum absolute atomic E-state index is 12.9. The van der Waals surface area contributed by atoms with Gasteiger partial charge in [0, 0.05) is 19.3 Å². The number of hydrogen-bond donors (Lipinski definition) is 0. The predicted molar refractivity (Wildman–Crippen MR) is 316 cm³/mol. The van der Waals surface area contributed by atoms with Gasteiger partial charge in [-0.15, -0.1) is 0 Å². The molecule has 0 aromatic carbocycles. The van der Waals surface area contributed by atoms with Crippen LogP contribution in [0.3, 0.4) is 0 Å². The summed E-state index contributed by atoms with van der Waals surface area (Å²) in [6.07, 6.45) is 82.5. The molecule has 0 aromatic rings. The highest BCUT2D eigenvalue weighted by Crippen LogP contribution is 2.16. The number of rotatable bonds is 54. The zero-order chi connectivity index (χ0) is 52.9. The molecule has 0 aliphatic rings. The van der Waals surface area contributed by atoms with Crippen LogP contribution in [0.4, 0.5) is 0 Å². The van der Waals surface area contributed by atoms with Crippen molar-refractivity contribution in [2.45, 2.75) is 284 Å². The predicted octanol–water partition coefficient (Wildman–Crippen LogP) is 20.7. The Morgan fingerprint density at radius 3 is 0.932 bits per heavy atom. The maximum atomic E-state index is 12.9. The lowest BCUT2D eigenvalue weighted by atomic mass is 10.0. The quantitative estimate of drug-likeness (QED) is 0.0261. The third kappa shape index (κ3) is 58.8. The molecule has 6 heteroatoms. The highest BCUT2D eigenvalue weighted by molar-refractivity contribution is 5.71. The van der Waals surface area contributed by atoms with Crippen LogP contribution >= 0.6 is 0 Å².